The van der Waals surface area contributed by atoms with Gasteiger partial charge in [-0.15, -0.1) is 0 Å². The van der Waals surface area contributed by atoms with Crippen LogP contribution in [0.25, 0.3) is 0 Å². The minimum Gasteiger partial charge on any atom is -0.437 e. The van der Waals surface area contributed by atoms with E-state index >= 15 is 0 Å². The maximum atomic E-state index is 12.6. The van der Waals surface area contributed by atoms with Crippen molar-refractivity contribution in [1.29, 1.82) is 0 Å². The van der Waals surface area contributed by atoms with Crippen LogP contribution in [-0.4, -0.2) is 43.4 Å². The van der Waals surface area contributed by atoms with E-state index in [1.807, 2.05) is 13.8 Å². The molecule has 0 fully saturated rings. The average molecular weight is 546 g/mol. The molecule has 0 aromatic heterocycles. The Labute approximate surface area is 221 Å². The summed E-state index contributed by atoms with van der Waals surface area (Å²) in [7, 11) is -5.97. The van der Waals surface area contributed by atoms with Crippen molar-refractivity contribution in [2.75, 3.05) is 6.54 Å². The molecule has 0 aromatic rings. The van der Waals surface area contributed by atoms with Crippen LogP contribution in [0.2, 0.25) is 51.9 Å². The second kappa shape index (κ2) is 16.5. The molecule has 0 saturated heterocycles. The maximum absolute atomic E-state index is 12.6. The third-order valence-electron chi connectivity index (χ3n) is 6.05. The highest BCUT2D eigenvalue weighted by Gasteiger charge is 2.39. The maximum Gasteiger partial charge on any atom is 0.311 e. The molecule has 0 aliphatic heterocycles. The zero-order chi connectivity index (χ0) is 27.3. The molecule has 0 bridgehead atoms. The Balaban J connectivity index is 4.68. The number of Topliss-reactive ketones (excluding diaryl/α,β-unsaturated/α-hetero) is 1. The molecule has 0 saturated carbocycles. The third-order valence-corrected chi connectivity index (χ3v) is 16.2. The van der Waals surface area contributed by atoms with Gasteiger partial charge in [-0.2, -0.15) is 0 Å². The van der Waals surface area contributed by atoms with Crippen molar-refractivity contribution in [2.45, 2.75) is 137 Å². The highest BCUT2D eigenvalue weighted by molar-refractivity contribution is 6.87. The number of hydrogen-bond donors (Lipinski definition) is 1. The predicted molar refractivity (Wildman–Crippen MR) is 158 cm³/mol. The Morgan fingerprint density at radius 3 is 1.89 bits per heavy atom. The molecule has 0 radical (unpaired) electrons. The molecule has 1 amide bonds. The minimum atomic E-state index is -2.23. The molecule has 35 heavy (non-hydrogen) atoms. The molecule has 8 heteroatoms. The van der Waals surface area contributed by atoms with Gasteiger partial charge in [-0.1, -0.05) is 59.8 Å². The van der Waals surface area contributed by atoms with Crippen molar-refractivity contribution in [3.8, 4) is 0 Å². The van der Waals surface area contributed by atoms with Gasteiger partial charge in [0.05, 0.1) is 0 Å². The zero-order valence-electron chi connectivity index (χ0n) is 25.1. The first-order valence-electron chi connectivity index (χ1n) is 14.1. The Kier molecular flexibility index (Phi) is 16.4. The first-order valence-corrected chi connectivity index (χ1v) is 23.5. The molecule has 0 aliphatic rings. The normalized spacial score (nSPS) is 14.0. The fourth-order valence-electron chi connectivity index (χ4n) is 4.82. The summed E-state index contributed by atoms with van der Waals surface area (Å²) < 4.78 is 13.1. The van der Waals surface area contributed by atoms with Gasteiger partial charge < -0.3 is 13.5 Å². The molecule has 0 rings (SSSR count). The van der Waals surface area contributed by atoms with Crippen LogP contribution in [0.1, 0.15) is 85.5 Å². The number of rotatable bonds is 20. The van der Waals surface area contributed by atoms with Gasteiger partial charge in [0.2, 0.25) is 5.91 Å². The minimum absolute atomic E-state index is 0.0265. The summed E-state index contributed by atoms with van der Waals surface area (Å²) >= 11 is 0. The van der Waals surface area contributed by atoms with Gasteiger partial charge in [0.15, 0.2) is 16.6 Å². The monoisotopic (exact) mass is 545 g/mol. The van der Waals surface area contributed by atoms with E-state index in [-0.39, 0.29) is 23.5 Å². The summed E-state index contributed by atoms with van der Waals surface area (Å²) in [6, 6.07) is 0.889. The Morgan fingerprint density at radius 2 is 1.34 bits per heavy atom. The van der Waals surface area contributed by atoms with Crippen molar-refractivity contribution in [1.82, 2.24) is 5.32 Å². The number of ketones is 1. The van der Waals surface area contributed by atoms with Crippen LogP contribution in [-0.2, 0) is 17.8 Å². The van der Waals surface area contributed by atoms with Gasteiger partial charge in [0, 0.05) is 25.3 Å². The van der Waals surface area contributed by atoms with Gasteiger partial charge >= 0.3 is 8.56 Å². The van der Waals surface area contributed by atoms with Crippen molar-refractivity contribution in [3.05, 3.63) is 0 Å². The SMILES string of the molecule is CC(C)CCCCCCCNC(=O)CCC(CC(=O)C(C)C)C[Si](C)(C)O[Si](C)(C)O[Si](C)(C)C. The van der Waals surface area contributed by atoms with Gasteiger partial charge in [-0.3, -0.25) is 9.59 Å². The fourth-order valence-corrected chi connectivity index (χ4v) is 18.7. The van der Waals surface area contributed by atoms with Crippen LogP contribution in [0.5, 0.6) is 0 Å². The van der Waals surface area contributed by atoms with Crippen LogP contribution in [0.4, 0.5) is 0 Å². The standard InChI is InChI=1S/C27H59NO4Si3/c1-23(2)17-15-13-12-14-16-20-28-27(30)19-18-25(21-26(29)24(3)4)22-34(8,9)32-35(10,11)31-33(5,6)7/h23-25H,12-22H2,1-11H3,(H,28,30). The number of carbonyl (C=O) groups is 2. The van der Waals surface area contributed by atoms with E-state index in [1.165, 1.54) is 32.1 Å². The summed E-state index contributed by atoms with van der Waals surface area (Å²) in [4.78, 5) is 25.1. The third kappa shape index (κ3) is 20.5. The topological polar surface area (TPSA) is 64.6 Å². The number of nitrogens with one attached hydrogen (secondary N) is 1. The Hall–Kier alpha value is -0.289. The molecule has 0 heterocycles. The summed E-state index contributed by atoms with van der Waals surface area (Å²) in [5.41, 5.74) is 0. The summed E-state index contributed by atoms with van der Waals surface area (Å²) in [6.07, 6.45) is 9.17. The van der Waals surface area contributed by atoms with E-state index in [0.717, 1.165) is 31.3 Å². The van der Waals surface area contributed by atoms with Gasteiger partial charge in [0.1, 0.15) is 5.78 Å². The molecule has 208 valence electrons. The molecule has 0 spiro atoms. The number of hydrogen-bond acceptors (Lipinski definition) is 4. The van der Waals surface area contributed by atoms with Crippen molar-refractivity contribution < 1.29 is 17.8 Å². The highest BCUT2D eigenvalue weighted by Crippen LogP contribution is 2.30. The molecule has 5 nitrogen and oxygen atoms in total. The molecule has 0 aromatic carbocycles. The molecule has 1 unspecified atom stereocenters. The van der Waals surface area contributed by atoms with Crippen LogP contribution in [0, 0.1) is 17.8 Å². The molecule has 0 aliphatic carbocycles. The largest absolute Gasteiger partial charge is 0.437 e. The summed E-state index contributed by atoms with van der Waals surface area (Å²) in [5.74, 6) is 1.41. The lowest BCUT2D eigenvalue weighted by Gasteiger charge is -2.38. The Morgan fingerprint density at radius 1 is 0.771 bits per heavy atom. The van der Waals surface area contributed by atoms with Gasteiger partial charge in [-0.05, 0) is 76.6 Å². The van der Waals surface area contributed by atoms with E-state index in [1.54, 1.807) is 0 Å². The van der Waals surface area contributed by atoms with Crippen LogP contribution < -0.4 is 5.32 Å². The lowest BCUT2D eigenvalue weighted by Crippen LogP contribution is -2.52. The first-order chi connectivity index (χ1) is 15.9. The zero-order valence-corrected chi connectivity index (χ0v) is 28.1. The van der Waals surface area contributed by atoms with Crippen LogP contribution in [0.3, 0.4) is 0 Å². The van der Waals surface area contributed by atoms with Crippen LogP contribution >= 0.6 is 0 Å². The van der Waals surface area contributed by atoms with Crippen LogP contribution in [0.15, 0.2) is 0 Å². The molecule has 1 N–H and O–H groups in total. The predicted octanol–water partition coefficient (Wildman–Crippen LogP) is 7.89. The molecular weight excluding hydrogens is 487 g/mol. The Bertz CT molecular complexity index is 616. The van der Waals surface area contributed by atoms with E-state index in [2.05, 4.69) is 65.0 Å². The highest BCUT2D eigenvalue weighted by atomic mass is 28.5. The van der Waals surface area contributed by atoms with E-state index < -0.39 is 25.2 Å². The summed E-state index contributed by atoms with van der Waals surface area (Å²) in [6.45, 7) is 24.6. The smallest absolute Gasteiger partial charge is 0.311 e. The van der Waals surface area contributed by atoms with E-state index in [4.69, 9.17) is 8.23 Å². The average Bonchev–Trinajstić information content (AvgIpc) is 2.64. The van der Waals surface area contributed by atoms with E-state index in [0.29, 0.717) is 12.8 Å². The van der Waals surface area contributed by atoms with Crippen molar-refractivity contribution in [2.24, 2.45) is 17.8 Å². The summed E-state index contributed by atoms with van der Waals surface area (Å²) in [5, 5.41) is 3.10. The van der Waals surface area contributed by atoms with E-state index in [9.17, 15) is 9.59 Å². The lowest BCUT2D eigenvalue weighted by molar-refractivity contribution is -0.124. The second-order valence-corrected chi connectivity index (χ2v) is 25.8. The lowest BCUT2D eigenvalue weighted by atomic mass is 9.94. The van der Waals surface area contributed by atoms with Gasteiger partial charge in [0.25, 0.3) is 0 Å². The van der Waals surface area contributed by atoms with Crippen molar-refractivity contribution >= 4 is 36.9 Å². The van der Waals surface area contributed by atoms with Crippen molar-refractivity contribution in [3.63, 3.8) is 0 Å². The molecule has 1 atom stereocenters. The van der Waals surface area contributed by atoms with Gasteiger partial charge in [-0.25, -0.2) is 0 Å². The quantitative estimate of drug-likeness (QED) is 0.125. The molecular formula is C27H59NO4Si3. The first kappa shape index (κ1) is 34.7. The number of carbonyl (C=O) groups excluding carboxylic acids is 2. The fraction of sp³-hybridized carbons (Fsp3) is 0.926. The second-order valence-electron chi connectivity index (χ2n) is 13.2. The number of amides is 1. The number of unbranched alkanes of at least 4 members (excludes halogenated alkanes) is 4.